The number of alkyl halides is 4. The minimum atomic E-state index is -4.64. The molecule has 5 atom stereocenters. The van der Waals surface area contributed by atoms with Gasteiger partial charge in [-0.1, -0.05) is 0 Å². The van der Waals surface area contributed by atoms with Crippen molar-refractivity contribution in [3.05, 3.63) is 29.6 Å². The highest BCUT2D eigenvalue weighted by atomic mass is 19.4. The molecule has 3 unspecified atom stereocenters. The highest BCUT2D eigenvalue weighted by Crippen LogP contribution is 2.44. The fraction of sp³-hybridized carbons (Fsp3) is 0.632. The monoisotopic (exact) mass is 403 g/mol. The maximum Gasteiger partial charge on any atom is 0.418 e. The largest absolute Gasteiger partial charge is 0.418 e. The van der Waals surface area contributed by atoms with E-state index in [0.29, 0.717) is 19.2 Å². The molecule has 3 aliphatic rings. The summed E-state index contributed by atoms with van der Waals surface area (Å²) in [6, 6.07) is 2.05. The Morgan fingerprint density at radius 2 is 2.00 bits per heavy atom. The Kier molecular flexibility index (Phi) is 4.97. The van der Waals surface area contributed by atoms with Crippen LogP contribution in [0.2, 0.25) is 0 Å². The third kappa shape index (κ3) is 3.68. The van der Waals surface area contributed by atoms with Gasteiger partial charge in [-0.3, -0.25) is 4.79 Å². The Labute approximate surface area is 159 Å². The van der Waals surface area contributed by atoms with Crippen molar-refractivity contribution in [3.63, 3.8) is 0 Å². The molecule has 2 aliphatic heterocycles. The molecule has 0 spiro atoms. The molecular weight excluding hydrogens is 381 g/mol. The van der Waals surface area contributed by atoms with E-state index >= 15 is 0 Å². The lowest BCUT2D eigenvalue weighted by molar-refractivity contribution is -0.137. The van der Waals surface area contributed by atoms with E-state index in [4.69, 9.17) is 0 Å². The van der Waals surface area contributed by atoms with Gasteiger partial charge in [-0.05, 0) is 37.0 Å². The summed E-state index contributed by atoms with van der Waals surface area (Å²) < 4.78 is 66.7. The third-order valence-corrected chi connectivity index (χ3v) is 6.18. The van der Waals surface area contributed by atoms with Gasteiger partial charge in [0, 0.05) is 43.7 Å². The lowest BCUT2D eigenvalue weighted by Gasteiger charge is -2.26. The van der Waals surface area contributed by atoms with Crippen molar-refractivity contribution in [1.82, 2.24) is 10.6 Å². The number of hydrogen-bond donors (Lipinski definition) is 2. The zero-order valence-electron chi connectivity index (χ0n) is 15.1. The van der Waals surface area contributed by atoms with Gasteiger partial charge < -0.3 is 15.5 Å². The molecule has 2 N–H and O–H groups in total. The van der Waals surface area contributed by atoms with Crippen LogP contribution in [-0.2, 0) is 11.0 Å². The molecule has 0 aromatic heterocycles. The van der Waals surface area contributed by atoms with Crippen LogP contribution in [0.25, 0.3) is 0 Å². The lowest BCUT2D eigenvalue weighted by Crippen LogP contribution is -2.47. The number of anilines is 1. The van der Waals surface area contributed by atoms with Gasteiger partial charge in [-0.15, -0.1) is 0 Å². The fourth-order valence-electron chi connectivity index (χ4n) is 4.83. The molecule has 1 aromatic rings. The molecule has 28 heavy (non-hydrogen) atoms. The van der Waals surface area contributed by atoms with Gasteiger partial charge in [-0.25, -0.2) is 8.78 Å². The van der Waals surface area contributed by atoms with Crippen LogP contribution in [0.1, 0.15) is 24.8 Å². The number of amides is 1. The first-order valence-corrected chi connectivity index (χ1v) is 9.52. The van der Waals surface area contributed by atoms with Crippen LogP contribution in [0.5, 0.6) is 0 Å². The quantitative estimate of drug-likeness (QED) is 0.763. The van der Waals surface area contributed by atoms with E-state index in [1.165, 1.54) is 6.07 Å². The fourth-order valence-corrected chi connectivity index (χ4v) is 4.83. The highest BCUT2D eigenvalue weighted by molar-refractivity contribution is 5.82. The van der Waals surface area contributed by atoms with E-state index in [1.54, 1.807) is 4.90 Å². The summed E-state index contributed by atoms with van der Waals surface area (Å²) in [4.78, 5) is 14.0. The number of carbonyl (C=O) groups excluding carboxylic acids is 1. The maximum absolute atomic E-state index is 13.4. The molecule has 0 bridgehead atoms. The number of rotatable bonds is 3. The van der Waals surface area contributed by atoms with Crippen molar-refractivity contribution in [1.29, 1.82) is 0 Å². The number of carbonyl (C=O) groups is 1. The first-order chi connectivity index (χ1) is 13.2. The molecule has 1 amide bonds. The summed E-state index contributed by atoms with van der Waals surface area (Å²) in [5.41, 5.74) is -0.997. The van der Waals surface area contributed by atoms with Crippen LogP contribution in [0.3, 0.4) is 0 Å². The van der Waals surface area contributed by atoms with Crippen molar-refractivity contribution in [3.8, 4) is 0 Å². The van der Waals surface area contributed by atoms with Gasteiger partial charge in [-0.2, -0.15) is 13.2 Å². The molecule has 4 rings (SSSR count). The Morgan fingerprint density at radius 1 is 1.21 bits per heavy atom. The molecule has 1 aliphatic carbocycles. The van der Waals surface area contributed by atoms with Crippen LogP contribution in [0.15, 0.2) is 18.2 Å². The average Bonchev–Trinajstić information content (AvgIpc) is 3.31. The normalized spacial score (nSPS) is 32.6. The number of fused-ring (bicyclic) bond motifs is 1. The summed E-state index contributed by atoms with van der Waals surface area (Å²) in [5.74, 6) is -0.975. The Balaban J connectivity index is 1.46. The second kappa shape index (κ2) is 7.17. The van der Waals surface area contributed by atoms with Crippen molar-refractivity contribution < 1.29 is 26.7 Å². The minimum Gasteiger partial charge on any atom is -0.370 e. The Morgan fingerprint density at radius 3 is 2.68 bits per heavy atom. The van der Waals surface area contributed by atoms with E-state index < -0.39 is 29.8 Å². The van der Waals surface area contributed by atoms with Crippen molar-refractivity contribution in [2.24, 2.45) is 11.8 Å². The molecule has 9 heteroatoms. The molecule has 154 valence electrons. The highest BCUT2D eigenvalue weighted by Gasteiger charge is 2.46. The van der Waals surface area contributed by atoms with Gasteiger partial charge in [0.05, 0.1) is 11.6 Å². The van der Waals surface area contributed by atoms with E-state index in [9.17, 15) is 26.7 Å². The predicted molar refractivity (Wildman–Crippen MR) is 93.1 cm³/mol. The van der Waals surface area contributed by atoms with Crippen LogP contribution < -0.4 is 15.5 Å². The number of nitrogens with zero attached hydrogens (tertiary/aromatic N) is 1. The van der Waals surface area contributed by atoms with Gasteiger partial charge in [0.25, 0.3) is 0 Å². The number of benzene rings is 1. The van der Waals surface area contributed by atoms with Crippen molar-refractivity contribution in [2.75, 3.05) is 24.5 Å². The second-order valence-corrected chi connectivity index (χ2v) is 7.97. The Hall–Kier alpha value is -1.90. The smallest absolute Gasteiger partial charge is 0.370 e. The van der Waals surface area contributed by atoms with E-state index in [1.807, 2.05) is 0 Å². The average molecular weight is 403 g/mol. The topological polar surface area (TPSA) is 44.4 Å². The summed E-state index contributed by atoms with van der Waals surface area (Å²) in [5, 5.41) is 5.81. The summed E-state index contributed by atoms with van der Waals surface area (Å²) in [6.07, 6.45) is -3.97. The van der Waals surface area contributed by atoms with E-state index in [-0.39, 0.29) is 42.4 Å². The zero-order valence-corrected chi connectivity index (χ0v) is 15.1. The molecule has 0 radical (unpaired) electrons. The van der Waals surface area contributed by atoms with E-state index in [0.717, 1.165) is 18.9 Å². The predicted octanol–water partition coefficient (Wildman–Crippen LogP) is 2.88. The third-order valence-electron chi connectivity index (χ3n) is 6.18. The lowest BCUT2D eigenvalue weighted by atomic mass is 9.97. The van der Waals surface area contributed by atoms with Gasteiger partial charge >= 0.3 is 6.18 Å². The van der Waals surface area contributed by atoms with Gasteiger partial charge in [0.15, 0.2) is 0 Å². The van der Waals surface area contributed by atoms with Crippen molar-refractivity contribution in [2.45, 2.75) is 43.7 Å². The summed E-state index contributed by atoms with van der Waals surface area (Å²) in [6.45, 7) is 0.974. The molecule has 2 saturated heterocycles. The molecule has 4 nitrogen and oxygen atoms in total. The van der Waals surface area contributed by atoms with Crippen LogP contribution >= 0.6 is 0 Å². The molecular formula is C19H22F5N3O. The molecule has 1 saturated carbocycles. The van der Waals surface area contributed by atoms with Crippen molar-refractivity contribution >= 4 is 11.6 Å². The van der Waals surface area contributed by atoms with Crippen LogP contribution in [0.4, 0.5) is 27.6 Å². The standard InChI is InChI=1S/C19H22F5N3O/c20-11-2-4-17(14(5-11)19(22,23)24)27-8-10-1-3-15(13(10)9-27)26-18(28)16-6-12(21)7-25-16/h2,4-5,10,12-13,15-16,25H,1,3,6-9H2,(H,26,28)/t10?,12-,13?,15?,16+/m1/s1. The second-order valence-electron chi connectivity index (χ2n) is 7.97. The number of halogens is 5. The molecule has 3 fully saturated rings. The van der Waals surface area contributed by atoms with E-state index in [2.05, 4.69) is 10.6 Å². The zero-order chi connectivity index (χ0) is 20.1. The van der Waals surface area contributed by atoms with Crippen LogP contribution in [0, 0.1) is 17.7 Å². The maximum atomic E-state index is 13.4. The summed E-state index contributed by atoms with van der Waals surface area (Å²) in [7, 11) is 0. The van der Waals surface area contributed by atoms with Crippen LogP contribution in [-0.4, -0.2) is 43.8 Å². The first kappa shape index (κ1) is 19.4. The van der Waals surface area contributed by atoms with Gasteiger partial charge in [0.2, 0.25) is 5.91 Å². The SMILES string of the molecule is O=C(NC1CCC2CN(c3ccc(F)cc3C(F)(F)F)CC21)[C@@H]1C[C@@H](F)CN1. The Bertz CT molecular complexity index is 756. The molecule has 1 aromatic carbocycles. The minimum absolute atomic E-state index is 0.0221. The summed E-state index contributed by atoms with van der Waals surface area (Å²) >= 11 is 0. The number of hydrogen-bond acceptors (Lipinski definition) is 3. The first-order valence-electron chi connectivity index (χ1n) is 9.52. The molecule has 2 heterocycles. The number of nitrogens with one attached hydrogen (secondary N) is 2. The van der Waals surface area contributed by atoms with Gasteiger partial charge in [0.1, 0.15) is 12.0 Å².